The lowest BCUT2D eigenvalue weighted by molar-refractivity contribution is 0.277. The molecule has 0 aromatic rings. The zero-order valence-electron chi connectivity index (χ0n) is 10.0. The Bertz CT molecular complexity index is 187. The fourth-order valence-corrected chi connectivity index (χ4v) is 3.34. The molecule has 0 saturated heterocycles. The van der Waals surface area contributed by atoms with Crippen molar-refractivity contribution < 1.29 is 0 Å². The summed E-state index contributed by atoms with van der Waals surface area (Å²) in [5, 5.41) is 3.81. The second kappa shape index (κ2) is 5.31. The Labute approximate surface area is 94.0 Å². The van der Waals surface area contributed by atoms with Gasteiger partial charge in [0.15, 0.2) is 0 Å². The summed E-state index contributed by atoms with van der Waals surface area (Å²) in [5.41, 5.74) is 6.01. The van der Waals surface area contributed by atoms with Crippen molar-refractivity contribution in [3.8, 4) is 0 Å². The third-order valence-electron chi connectivity index (χ3n) is 4.32. The summed E-state index contributed by atoms with van der Waals surface area (Å²) in [5.74, 6) is 0.933. The van der Waals surface area contributed by atoms with Crippen LogP contribution < -0.4 is 11.1 Å². The monoisotopic (exact) mass is 210 g/mol. The van der Waals surface area contributed by atoms with Crippen molar-refractivity contribution in [2.24, 2.45) is 11.7 Å². The zero-order chi connectivity index (χ0) is 10.7. The normalized spacial score (nSPS) is 35.6. The second-order valence-corrected chi connectivity index (χ2v) is 5.62. The van der Waals surface area contributed by atoms with E-state index in [2.05, 4.69) is 12.2 Å². The van der Waals surface area contributed by atoms with Crippen LogP contribution in [0.3, 0.4) is 0 Å². The summed E-state index contributed by atoms with van der Waals surface area (Å²) >= 11 is 0. The van der Waals surface area contributed by atoms with E-state index in [4.69, 9.17) is 5.73 Å². The number of nitrogens with one attached hydrogen (secondary N) is 1. The first-order chi connectivity index (χ1) is 7.25. The van der Waals surface area contributed by atoms with E-state index < -0.39 is 0 Å². The van der Waals surface area contributed by atoms with E-state index in [1.54, 1.807) is 0 Å². The van der Waals surface area contributed by atoms with E-state index in [-0.39, 0.29) is 0 Å². The van der Waals surface area contributed by atoms with Crippen molar-refractivity contribution in [2.45, 2.75) is 76.4 Å². The van der Waals surface area contributed by atoms with Gasteiger partial charge in [-0.2, -0.15) is 0 Å². The van der Waals surface area contributed by atoms with Crippen molar-refractivity contribution in [1.29, 1.82) is 0 Å². The minimum Gasteiger partial charge on any atom is -0.328 e. The molecule has 2 nitrogen and oxygen atoms in total. The topological polar surface area (TPSA) is 38.0 Å². The second-order valence-electron chi connectivity index (χ2n) is 5.62. The quantitative estimate of drug-likeness (QED) is 0.751. The van der Waals surface area contributed by atoms with E-state index >= 15 is 0 Å². The summed E-state index contributed by atoms with van der Waals surface area (Å²) in [7, 11) is 0. The van der Waals surface area contributed by atoms with Crippen LogP contribution in [-0.2, 0) is 0 Å². The Morgan fingerprint density at radius 2 is 1.80 bits per heavy atom. The molecule has 2 aliphatic carbocycles. The summed E-state index contributed by atoms with van der Waals surface area (Å²) < 4.78 is 0. The Hall–Kier alpha value is -0.0800. The number of nitrogens with two attached hydrogens (primary N) is 1. The number of hydrogen-bond acceptors (Lipinski definition) is 2. The third kappa shape index (κ3) is 3.18. The highest BCUT2D eigenvalue weighted by Crippen LogP contribution is 2.28. The molecule has 0 heterocycles. The van der Waals surface area contributed by atoms with Crippen LogP contribution in [0.5, 0.6) is 0 Å². The van der Waals surface area contributed by atoms with Gasteiger partial charge in [-0.25, -0.2) is 0 Å². The minimum absolute atomic E-state index is 0.451. The lowest BCUT2D eigenvalue weighted by Crippen LogP contribution is -2.45. The lowest BCUT2D eigenvalue weighted by Gasteiger charge is -2.32. The molecule has 2 rings (SSSR count). The first-order valence-electron chi connectivity index (χ1n) is 6.77. The Kier molecular flexibility index (Phi) is 4.04. The molecule has 0 radical (unpaired) electrons. The molecule has 0 aromatic carbocycles. The van der Waals surface area contributed by atoms with Crippen LogP contribution in [-0.4, -0.2) is 18.1 Å². The molecule has 0 aromatic heterocycles. The molecular formula is C13H26N2. The van der Waals surface area contributed by atoms with Crippen molar-refractivity contribution >= 4 is 0 Å². The highest BCUT2D eigenvalue weighted by atomic mass is 15.0. The van der Waals surface area contributed by atoms with E-state index in [1.165, 1.54) is 51.4 Å². The van der Waals surface area contributed by atoms with E-state index in [0.29, 0.717) is 18.1 Å². The Morgan fingerprint density at radius 3 is 2.47 bits per heavy atom. The van der Waals surface area contributed by atoms with E-state index in [1.807, 2.05) is 0 Å². The summed E-state index contributed by atoms with van der Waals surface area (Å²) in [4.78, 5) is 0. The van der Waals surface area contributed by atoms with Gasteiger partial charge in [-0.15, -0.1) is 0 Å². The molecule has 88 valence electrons. The SMILES string of the molecule is C[C@@H](NC1CCCC(N)C1)C1CCCC1. The smallest absolute Gasteiger partial charge is 0.00843 e. The fraction of sp³-hybridized carbons (Fsp3) is 1.00. The standard InChI is InChI=1S/C13H26N2/c1-10(11-5-2-3-6-11)15-13-8-4-7-12(14)9-13/h10-13,15H,2-9,14H2,1H3/t10-,12?,13?/m1/s1. The Morgan fingerprint density at radius 1 is 1.07 bits per heavy atom. The van der Waals surface area contributed by atoms with Crippen molar-refractivity contribution in [1.82, 2.24) is 5.32 Å². The average molecular weight is 210 g/mol. The van der Waals surface area contributed by atoms with E-state index in [0.717, 1.165) is 5.92 Å². The van der Waals surface area contributed by atoms with Crippen molar-refractivity contribution in [3.05, 3.63) is 0 Å². The maximum absolute atomic E-state index is 6.01. The molecule has 2 saturated carbocycles. The van der Waals surface area contributed by atoms with Gasteiger partial charge in [-0.3, -0.25) is 0 Å². The minimum atomic E-state index is 0.451. The highest BCUT2D eigenvalue weighted by molar-refractivity contribution is 4.85. The van der Waals surface area contributed by atoms with Crippen LogP contribution >= 0.6 is 0 Å². The van der Waals surface area contributed by atoms with Crippen LogP contribution in [0.1, 0.15) is 58.3 Å². The largest absolute Gasteiger partial charge is 0.328 e. The van der Waals surface area contributed by atoms with Gasteiger partial charge in [0.25, 0.3) is 0 Å². The van der Waals surface area contributed by atoms with Gasteiger partial charge in [-0.1, -0.05) is 19.3 Å². The first-order valence-corrected chi connectivity index (χ1v) is 6.77. The molecule has 2 heteroatoms. The van der Waals surface area contributed by atoms with Crippen LogP contribution in [0.4, 0.5) is 0 Å². The van der Waals surface area contributed by atoms with Gasteiger partial charge in [0.05, 0.1) is 0 Å². The number of rotatable bonds is 3. The lowest BCUT2D eigenvalue weighted by atomic mass is 9.89. The van der Waals surface area contributed by atoms with Crippen LogP contribution in [0.25, 0.3) is 0 Å². The summed E-state index contributed by atoms with van der Waals surface area (Å²) in [6.45, 7) is 2.37. The van der Waals surface area contributed by atoms with Crippen LogP contribution in [0.15, 0.2) is 0 Å². The molecule has 0 aliphatic heterocycles. The van der Waals surface area contributed by atoms with Gasteiger partial charge < -0.3 is 11.1 Å². The summed E-state index contributed by atoms with van der Waals surface area (Å²) in [6, 6.07) is 1.86. The van der Waals surface area contributed by atoms with Crippen molar-refractivity contribution in [2.75, 3.05) is 0 Å². The fourth-order valence-electron chi connectivity index (χ4n) is 3.34. The Balaban J connectivity index is 1.74. The highest BCUT2D eigenvalue weighted by Gasteiger charge is 2.25. The molecular weight excluding hydrogens is 184 g/mol. The maximum Gasteiger partial charge on any atom is 0.00843 e. The molecule has 2 fully saturated rings. The molecule has 2 unspecified atom stereocenters. The molecule has 3 N–H and O–H groups in total. The third-order valence-corrected chi connectivity index (χ3v) is 4.32. The maximum atomic E-state index is 6.01. The van der Waals surface area contributed by atoms with Gasteiger partial charge in [0.2, 0.25) is 0 Å². The van der Waals surface area contributed by atoms with E-state index in [9.17, 15) is 0 Å². The van der Waals surface area contributed by atoms with Crippen LogP contribution in [0.2, 0.25) is 0 Å². The van der Waals surface area contributed by atoms with Crippen LogP contribution in [0, 0.1) is 5.92 Å². The predicted molar refractivity (Wildman–Crippen MR) is 64.8 cm³/mol. The van der Waals surface area contributed by atoms with Gasteiger partial charge >= 0.3 is 0 Å². The molecule has 0 bridgehead atoms. The van der Waals surface area contributed by atoms with Crippen molar-refractivity contribution in [3.63, 3.8) is 0 Å². The molecule has 0 spiro atoms. The average Bonchev–Trinajstić information content (AvgIpc) is 2.70. The molecule has 15 heavy (non-hydrogen) atoms. The van der Waals surface area contributed by atoms with Gasteiger partial charge in [0.1, 0.15) is 0 Å². The number of hydrogen-bond donors (Lipinski definition) is 2. The molecule has 3 atom stereocenters. The zero-order valence-corrected chi connectivity index (χ0v) is 10.0. The van der Waals surface area contributed by atoms with Gasteiger partial charge in [-0.05, 0) is 44.9 Å². The summed E-state index contributed by atoms with van der Waals surface area (Å²) in [6.07, 6.45) is 10.8. The first kappa shape index (κ1) is 11.4. The molecule has 2 aliphatic rings. The molecule has 0 amide bonds. The van der Waals surface area contributed by atoms with Gasteiger partial charge in [0, 0.05) is 18.1 Å². The predicted octanol–water partition coefficient (Wildman–Crippen LogP) is 2.42.